The zero-order valence-corrected chi connectivity index (χ0v) is 16.1. The number of hydrogen-bond acceptors (Lipinski definition) is 5. The number of Topliss-reactive ketones (excluding diaryl/α,β-unsaturated/α-hetero) is 1. The fourth-order valence-electron chi connectivity index (χ4n) is 3.15. The lowest BCUT2D eigenvalue weighted by Gasteiger charge is -2.26. The predicted molar refractivity (Wildman–Crippen MR) is 101 cm³/mol. The molecule has 7 heteroatoms. The average Bonchev–Trinajstić information content (AvgIpc) is 3.07. The molecule has 1 aliphatic rings. The molecular formula is C20H28N2O5. The highest BCUT2D eigenvalue weighted by atomic mass is 16.6. The molecule has 1 aliphatic heterocycles. The van der Waals surface area contributed by atoms with Gasteiger partial charge in [-0.15, -0.1) is 0 Å². The van der Waals surface area contributed by atoms with E-state index in [4.69, 9.17) is 4.74 Å². The summed E-state index contributed by atoms with van der Waals surface area (Å²) in [6, 6.07) is 8.49. The van der Waals surface area contributed by atoms with Gasteiger partial charge in [0.2, 0.25) is 0 Å². The first kappa shape index (κ1) is 20.9. The van der Waals surface area contributed by atoms with Crippen LogP contribution in [0.3, 0.4) is 0 Å². The molecule has 1 aromatic rings. The zero-order valence-electron chi connectivity index (χ0n) is 16.1. The second-order valence-corrected chi connectivity index (χ2v) is 7.85. The molecule has 2 unspecified atom stereocenters. The van der Waals surface area contributed by atoms with Crippen LogP contribution in [0.1, 0.15) is 44.0 Å². The number of carboxylic acid groups (broad SMARTS) is 1. The molecule has 1 heterocycles. The van der Waals surface area contributed by atoms with Crippen LogP contribution >= 0.6 is 0 Å². The Labute approximate surface area is 159 Å². The van der Waals surface area contributed by atoms with Crippen LogP contribution in [0.25, 0.3) is 0 Å². The number of rotatable bonds is 7. The fraction of sp³-hybridized carbons (Fsp3) is 0.550. The van der Waals surface area contributed by atoms with Gasteiger partial charge in [-0.25, -0.2) is 4.79 Å². The Morgan fingerprint density at radius 3 is 2.52 bits per heavy atom. The van der Waals surface area contributed by atoms with Crippen molar-refractivity contribution in [2.45, 2.75) is 45.3 Å². The van der Waals surface area contributed by atoms with E-state index in [-0.39, 0.29) is 36.8 Å². The Balaban J connectivity index is 1.95. The standard InChI is InChI=1S/C20H28N2O5/c1-20(2,3)27-19(26)22-10-9-15(13-22)16(11-18(24)25)21-12-17(23)14-7-5-4-6-8-14/h4-8,15-16,21H,9-13H2,1-3H3,(H,24,25). The lowest BCUT2D eigenvalue weighted by Crippen LogP contribution is -2.43. The molecule has 2 atom stereocenters. The molecule has 2 rings (SSSR count). The van der Waals surface area contributed by atoms with Gasteiger partial charge < -0.3 is 20.1 Å². The summed E-state index contributed by atoms with van der Waals surface area (Å²) in [5.41, 5.74) is 0.0107. The van der Waals surface area contributed by atoms with Crippen molar-refractivity contribution in [2.75, 3.05) is 19.6 Å². The van der Waals surface area contributed by atoms with Crippen molar-refractivity contribution in [2.24, 2.45) is 5.92 Å². The largest absolute Gasteiger partial charge is 0.481 e. The number of nitrogens with one attached hydrogen (secondary N) is 1. The average molecular weight is 376 g/mol. The zero-order chi connectivity index (χ0) is 20.0. The summed E-state index contributed by atoms with van der Waals surface area (Å²) in [6.45, 7) is 6.42. The smallest absolute Gasteiger partial charge is 0.410 e. The molecule has 148 valence electrons. The number of aliphatic carboxylic acids is 1. The highest BCUT2D eigenvalue weighted by Gasteiger charge is 2.35. The van der Waals surface area contributed by atoms with Gasteiger partial charge in [0.15, 0.2) is 5.78 Å². The molecule has 0 bridgehead atoms. The number of ketones is 1. The molecule has 7 nitrogen and oxygen atoms in total. The Kier molecular flexibility index (Phi) is 6.96. The van der Waals surface area contributed by atoms with E-state index in [1.54, 1.807) is 29.2 Å². The van der Waals surface area contributed by atoms with Crippen LogP contribution in [0, 0.1) is 5.92 Å². The maximum atomic E-state index is 12.3. The molecular weight excluding hydrogens is 348 g/mol. The third kappa shape index (κ3) is 6.67. The second-order valence-electron chi connectivity index (χ2n) is 7.85. The number of carboxylic acids is 1. The molecule has 0 spiro atoms. The summed E-state index contributed by atoms with van der Waals surface area (Å²) in [7, 11) is 0. The summed E-state index contributed by atoms with van der Waals surface area (Å²) in [5, 5.41) is 12.3. The first-order valence-electron chi connectivity index (χ1n) is 9.17. The normalized spacial score (nSPS) is 18.2. The lowest BCUT2D eigenvalue weighted by molar-refractivity contribution is -0.137. The quantitative estimate of drug-likeness (QED) is 0.710. The molecule has 1 fully saturated rings. The van der Waals surface area contributed by atoms with Gasteiger partial charge in [0.05, 0.1) is 13.0 Å². The monoisotopic (exact) mass is 376 g/mol. The van der Waals surface area contributed by atoms with Gasteiger partial charge in [-0.3, -0.25) is 9.59 Å². The van der Waals surface area contributed by atoms with E-state index in [1.807, 2.05) is 26.8 Å². The van der Waals surface area contributed by atoms with Crippen molar-refractivity contribution in [3.8, 4) is 0 Å². The van der Waals surface area contributed by atoms with Crippen LogP contribution in [0.15, 0.2) is 30.3 Å². The second kappa shape index (κ2) is 8.99. The topological polar surface area (TPSA) is 95.9 Å². The summed E-state index contributed by atoms with van der Waals surface area (Å²) < 4.78 is 5.38. The minimum Gasteiger partial charge on any atom is -0.481 e. The maximum Gasteiger partial charge on any atom is 0.410 e. The minimum absolute atomic E-state index is 0.0443. The first-order valence-corrected chi connectivity index (χ1v) is 9.17. The number of carbonyl (C=O) groups excluding carboxylic acids is 2. The van der Waals surface area contributed by atoms with Crippen LogP contribution in [0.4, 0.5) is 4.79 Å². The molecule has 1 saturated heterocycles. The van der Waals surface area contributed by atoms with E-state index >= 15 is 0 Å². The number of amides is 1. The van der Waals surface area contributed by atoms with E-state index in [9.17, 15) is 19.5 Å². The number of benzene rings is 1. The number of hydrogen-bond donors (Lipinski definition) is 2. The molecule has 0 aliphatic carbocycles. The number of likely N-dealkylation sites (tertiary alicyclic amines) is 1. The van der Waals surface area contributed by atoms with Crippen LogP contribution in [-0.4, -0.2) is 59.1 Å². The van der Waals surface area contributed by atoms with E-state index in [0.717, 1.165) is 0 Å². The van der Waals surface area contributed by atoms with Crippen LogP contribution < -0.4 is 5.32 Å². The Morgan fingerprint density at radius 2 is 1.93 bits per heavy atom. The van der Waals surface area contributed by atoms with Crippen molar-refractivity contribution in [1.29, 1.82) is 0 Å². The Morgan fingerprint density at radius 1 is 1.26 bits per heavy atom. The maximum absolute atomic E-state index is 12.3. The van der Waals surface area contributed by atoms with Gasteiger partial charge in [-0.2, -0.15) is 0 Å². The molecule has 1 aromatic carbocycles. The Bertz CT molecular complexity index is 669. The molecule has 27 heavy (non-hydrogen) atoms. The number of carbonyl (C=O) groups is 3. The molecule has 0 aromatic heterocycles. The summed E-state index contributed by atoms with van der Waals surface area (Å²) in [4.78, 5) is 37.4. The summed E-state index contributed by atoms with van der Waals surface area (Å²) in [6.07, 6.45) is 0.179. The number of nitrogens with zero attached hydrogens (tertiary/aromatic N) is 1. The van der Waals surface area contributed by atoms with Crippen molar-refractivity contribution in [1.82, 2.24) is 10.2 Å². The van der Waals surface area contributed by atoms with Crippen molar-refractivity contribution in [3.05, 3.63) is 35.9 Å². The van der Waals surface area contributed by atoms with Crippen LogP contribution in [-0.2, 0) is 9.53 Å². The van der Waals surface area contributed by atoms with Gasteiger partial charge >= 0.3 is 12.1 Å². The first-order chi connectivity index (χ1) is 12.7. The van der Waals surface area contributed by atoms with E-state index in [1.165, 1.54) is 0 Å². The molecule has 1 amide bonds. The third-order valence-electron chi connectivity index (χ3n) is 4.46. The summed E-state index contributed by atoms with van der Waals surface area (Å²) in [5.74, 6) is -1.07. The lowest BCUT2D eigenvalue weighted by atomic mass is 9.95. The molecule has 2 N–H and O–H groups in total. The highest BCUT2D eigenvalue weighted by molar-refractivity contribution is 5.97. The van der Waals surface area contributed by atoms with Gasteiger partial charge in [0, 0.05) is 24.7 Å². The minimum atomic E-state index is -0.935. The van der Waals surface area contributed by atoms with Crippen molar-refractivity contribution >= 4 is 17.8 Å². The van der Waals surface area contributed by atoms with E-state index < -0.39 is 11.6 Å². The summed E-state index contributed by atoms with van der Waals surface area (Å²) >= 11 is 0. The van der Waals surface area contributed by atoms with Crippen LogP contribution in [0.2, 0.25) is 0 Å². The van der Waals surface area contributed by atoms with Crippen LogP contribution in [0.5, 0.6) is 0 Å². The number of ether oxygens (including phenoxy) is 1. The van der Waals surface area contributed by atoms with Crippen molar-refractivity contribution < 1.29 is 24.2 Å². The molecule has 0 saturated carbocycles. The third-order valence-corrected chi connectivity index (χ3v) is 4.46. The van der Waals surface area contributed by atoms with E-state index in [0.29, 0.717) is 25.1 Å². The van der Waals surface area contributed by atoms with Gasteiger partial charge in [-0.05, 0) is 33.1 Å². The van der Waals surface area contributed by atoms with Gasteiger partial charge in [0.25, 0.3) is 0 Å². The predicted octanol–water partition coefficient (Wildman–Crippen LogP) is 2.56. The Hall–Kier alpha value is -2.41. The molecule has 0 radical (unpaired) electrons. The van der Waals surface area contributed by atoms with Crippen molar-refractivity contribution in [3.63, 3.8) is 0 Å². The van der Waals surface area contributed by atoms with E-state index in [2.05, 4.69) is 5.32 Å². The van der Waals surface area contributed by atoms with Gasteiger partial charge in [0.1, 0.15) is 5.60 Å². The SMILES string of the molecule is CC(C)(C)OC(=O)N1CCC(C(CC(=O)O)NCC(=O)c2ccccc2)C1. The fourth-order valence-corrected chi connectivity index (χ4v) is 3.15. The highest BCUT2D eigenvalue weighted by Crippen LogP contribution is 2.24. The van der Waals surface area contributed by atoms with Gasteiger partial charge in [-0.1, -0.05) is 30.3 Å².